The second-order valence-corrected chi connectivity index (χ2v) is 6.54. The Morgan fingerprint density at radius 1 is 1.05 bits per heavy atom. The highest BCUT2D eigenvalue weighted by Gasteiger charge is 2.23. The molecule has 2 aliphatic heterocycles. The van der Waals surface area contributed by atoms with Crippen molar-refractivity contribution in [2.24, 2.45) is 0 Å². The maximum atomic E-state index is 4.77. The summed E-state index contributed by atoms with van der Waals surface area (Å²) < 4.78 is 0. The molecule has 116 valence electrons. The summed E-state index contributed by atoms with van der Waals surface area (Å²) in [5.74, 6) is 1.18. The Labute approximate surface area is 129 Å². The maximum absolute atomic E-state index is 4.77. The largest absolute Gasteiger partial charge is 0.357 e. The lowest BCUT2D eigenvalue weighted by Crippen LogP contribution is -2.34. The van der Waals surface area contributed by atoms with Gasteiger partial charge >= 0.3 is 0 Å². The highest BCUT2D eigenvalue weighted by atomic mass is 15.2. The molecule has 0 aromatic carbocycles. The Hall–Kier alpha value is -1.09. The van der Waals surface area contributed by atoms with Crippen LogP contribution in [-0.4, -0.2) is 36.1 Å². The number of pyridine rings is 1. The molecule has 2 aliphatic rings. The molecule has 0 bridgehead atoms. The highest BCUT2D eigenvalue weighted by molar-refractivity contribution is 5.40. The van der Waals surface area contributed by atoms with Crippen molar-refractivity contribution >= 4 is 5.82 Å². The van der Waals surface area contributed by atoms with Gasteiger partial charge in [0.2, 0.25) is 0 Å². The first kappa shape index (κ1) is 14.8. The van der Waals surface area contributed by atoms with E-state index in [1.807, 2.05) is 0 Å². The summed E-state index contributed by atoms with van der Waals surface area (Å²) in [4.78, 5) is 9.87. The van der Waals surface area contributed by atoms with Crippen molar-refractivity contribution in [3.63, 3.8) is 0 Å². The molecule has 3 rings (SSSR count). The summed E-state index contributed by atoms with van der Waals surface area (Å²) in [7, 11) is 0. The number of hydrogen-bond donors (Lipinski definition) is 0. The molecule has 0 amide bonds. The summed E-state index contributed by atoms with van der Waals surface area (Å²) in [5, 5.41) is 0. The van der Waals surface area contributed by atoms with Crippen LogP contribution in [0.5, 0.6) is 0 Å². The minimum atomic E-state index is 0.599. The molecule has 2 fully saturated rings. The molecule has 21 heavy (non-hydrogen) atoms. The third kappa shape index (κ3) is 3.57. The Kier molecular flexibility index (Phi) is 5.13. The Morgan fingerprint density at radius 2 is 1.86 bits per heavy atom. The van der Waals surface area contributed by atoms with E-state index in [0.29, 0.717) is 6.04 Å². The van der Waals surface area contributed by atoms with E-state index in [2.05, 4.69) is 35.1 Å². The molecule has 3 heterocycles. The number of likely N-dealkylation sites (tertiary alicyclic amines) is 1. The van der Waals surface area contributed by atoms with Crippen LogP contribution < -0.4 is 4.90 Å². The van der Waals surface area contributed by atoms with E-state index in [1.165, 1.54) is 82.5 Å². The lowest BCUT2D eigenvalue weighted by Gasteiger charge is -2.36. The van der Waals surface area contributed by atoms with E-state index in [0.717, 1.165) is 0 Å². The fourth-order valence-electron chi connectivity index (χ4n) is 3.83. The van der Waals surface area contributed by atoms with E-state index < -0.39 is 0 Å². The smallest absolute Gasteiger partial charge is 0.128 e. The molecule has 0 saturated carbocycles. The van der Waals surface area contributed by atoms with Gasteiger partial charge in [0.1, 0.15) is 5.82 Å². The van der Waals surface area contributed by atoms with Gasteiger partial charge in [-0.3, -0.25) is 4.90 Å². The zero-order valence-corrected chi connectivity index (χ0v) is 13.4. The third-order valence-corrected chi connectivity index (χ3v) is 4.96. The van der Waals surface area contributed by atoms with Crippen LogP contribution in [0.1, 0.15) is 63.5 Å². The number of aromatic nitrogens is 1. The summed E-state index contributed by atoms with van der Waals surface area (Å²) >= 11 is 0. The van der Waals surface area contributed by atoms with E-state index in [-0.39, 0.29) is 0 Å². The first-order valence-electron chi connectivity index (χ1n) is 8.83. The number of nitrogens with zero attached hydrogens (tertiary/aromatic N) is 3. The Morgan fingerprint density at radius 3 is 2.57 bits per heavy atom. The summed E-state index contributed by atoms with van der Waals surface area (Å²) in [5.41, 5.74) is 1.42. The molecule has 0 radical (unpaired) electrons. The van der Waals surface area contributed by atoms with Crippen molar-refractivity contribution in [2.75, 3.05) is 31.1 Å². The summed E-state index contributed by atoms with van der Waals surface area (Å²) in [6.45, 7) is 7.11. The SMILES string of the molecule is CCCN1CCCCC1c1ccc(N2CCCCC2)nc1. The Bertz CT molecular complexity index is 421. The Balaban J connectivity index is 1.70. The topological polar surface area (TPSA) is 19.4 Å². The molecule has 1 aromatic rings. The van der Waals surface area contributed by atoms with Crippen molar-refractivity contribution in [1.82, 2.24) is 9.88 Å². The van der Waals surface area contributed by atoms with Crippen LogP contribution in [0.3, 0.4) is 0 Å². The van der Waals surface area contributed by atoms with E-state index in [4.69, 9.17) is 4.98 Å². The molecule has 1 aromatic heterocycles. The third-order valence-electron chi connectivity index (χ3n) is 4.96. The van der Waals surface area contributed by atoms with Gasteiger partial charge in [0.25, 0.3) is 0 Å². The zero-order chi connectivity index (χ0) is 14.5. The van der Waals surface area contributed by atoms with Crippen LogP contribution in [0.15, 0.2) is 18.3 Å². The fraction of sp³-hybridized carbons (Fsp3) is 0.722. The number of hydrogen-bond acceptors (Lipinski definition) is 3. The van der Waals surface area contributed by atoms with Crippen LogP contribution in [-0.2, 0) is 0 Å². The van der Waals surface area contributed by atoms with Gasteiger partial charge in [0, 0.05) is 25.3 Å². The van der Waals surface area contributed by atoms with Crippen LogP contribution >= 0.6 is 0 Å². The van der Waals surface area contributed by atoms with Crippen molar-refractivity contribution in [3.05, 3.63) is 23.9 Å². The maximum Gasteiger partial charge on any atom is 0.128 e. The van der Waals surface area contributed by atoms with Crippen molar-refractivity contribution in [1.29, 1.82) is 0 Å². The molecule has 0 aliphatic carbocycles. The molecule has 1 atom stereocenters. The van der Waals surface area contributed by atoms with Crippen molar-refractivity contribution < 1.29 is 0 Å². The van der Waals surface area contributed by atoms with Crippen LogP contribution in [0, 0.1) is 0 Å². The summed E-state index contributed by atoms with van der Waals surface area (Å²) in [6, 6.07) is 5.18. The molecule has 3 nitrogen and oxygen atoms in total. The average Bonchev–Trinajstić information content (AvgIpc) is 2.57. The van der Waals surface area contributed by atoms with Gasteiger partial charge in [0.15, 0.2) is 0 Å². The lowest BCUT2D eigenvalue weighted by atomic mass is 9.96. The second-order valence-electron chi connectivity index (χ2n) is 6.54. The van der Waals surface area contributed by atoms with Crippen LogP contribution in [0.25, 0.3) is 0 Å². The standard InChI is InChI=1S/C18H29N3/c1-2-11-20-12-7-4-8-17(20)16-9-10-18(19-15-16)21-13-5-3-6-14-21/h9-10,15,17H,2-8,11-14H2,1H3. The van der Waals surface area contributed by atoms with E-state index >= 15 is 0 Å². The van der Waals surface area contributed by atoms with E-state index in [1.54, 1.807) is 0 Å². The molecule has 2 saturated heterocycles. The second kappa shape index (κ2) is 7.26. The first-order chi connectivity index (χ1) is 10.4. The molecule has 1 unspecified atom stereocenters. The van der Waals surface area contributed by atoms with Gasteiger partial charge in [-0.15, -0.1) is 0 Å². The minimum Gasteiger partial charge on any atom is -0.357 e. The predicted molar refractivity (Wildman–Crippen MR) is 88.8 cm³/mol. The van der Waals surface area contributed by atoms with Gasteiger partial charge in [0.05, 0.1) is 0 Å². The normalized spacial score (nSPS) is 24.2. The predicted octanol–water partition coefficient (Wildman–Crippen LogP) is 4.01. The van der Waals surface area contributed by atoms with Gasteiger partial charge in [-0.05, 0) is 63.2 Å². The zero-order valence-electron chi connectivity index (χ0n) is 13.4. The van der Waals surface area contributed by atoms with Gasteiger partial charge in [-0.2, -0.15) is 0 Å². The highest BCUT2D eigenvalue weighted by Crippen LogP contribution is 2.31. The average molecular weight is 287 g/mol. The van der Waals surface area contributed by atoms with Crippen molar-refractivity contribution in [2.45, 2.75) is 57.9 Å². The first-order valence-corrected chi connectivity index (χ1v) is 8.83. The quantitative estimate of drug-likeness (QED) is 0.834. The van der Waals surface area contributed by atoms with Gasteiger partial charge in [-0.25, -0.2) is 4.98 Å². The molecule has 3 heteroatoms. The monoisotopic (exact) mass is 287 g/mol. The molecule has 0 N–H and O–H groups in total. The molecule has 0 spiro atoms. The van der Waals surface area contributed by atoms with Crippen LogP contribution in [0.2, 0.25) is 0 Å². The lowest BCUT2D eigenvalue weighted by molar-refractivity contribution is 0.149. The van der Waals surface area contributed by atoms with E-state index in [9.17, 15) is 0 Å². The number of rotatable bonds is 4. The van der Waals surface area contributed by atoms with Crippen LogP contribution in [0.4, 0.5) is 5.82 Å². The fourth-order valence-corrected chi connectivity index (χ4v) is 3.83. The van der Waals surface area contributed by atoms with Crippen molar-refractivity contribution in [3.8, 4) is 0 Å². The summed E-state index contributed by atoms with van der Waals surface area (Å²) in [6.07, 6.45) is 11.4. The van der Waals surface area contributed by atoms with Gasteiger partial charge in [-0.1, -0.05) is 19.4 Å². The number of piperidine rings is 2. The molecular weight excluding hydrogens is 258 g/mol. The molecular formula is C18H29N3. The van der Waals surface area contributed by atoms with Gasteiger partial charge < -0.3 is 4.90 Å². The number of anilines is 1. The minimum absolute atomic E-state index is 0.599.